The van der Waals surface area contributed by atoms with E-state index in [-0.39, 0.29) is 10.6 Å². The molecule has 96 valence electrons. The van der Waals surface area contributed by atoms with Crippen molar-refractivity contribution in [1.29, 1.82) is 0 Å². The van der Waals surface area contributed by atoms with Gasteiger partial charge in [0.15, 0.2) is 10.9 Å². The van der Waals surface area contributed by atoms with Crippen molar-refractivity contribution >= 4 is 28.1 Å². The van der Waals surface area contributed by atoms with Crippen LogP contribution < -0.4 is 5.73 Å². The molecule has 1 aromatic carbocycles. The van der Waals surface area contributed by atoms with Crippen molar-refractivity contribution in [2.75, 3.05) is 5.73 Å². The summed E-state index contributed by atoms with van der Waals surface area (Å²) in [6.07, 6.45) is 0. The molecule has 0 bridgehead atoms. The second kappa shape index (κ2) is 4.64. The first-order valence-corrected chi connectivity index (χ1v) is 6.53. The Morgan fingerprint density at radius 1 is 1.32 bits per heavy atom. The van der Waals surface area contributed by atoms with Crippen LogP contribution in [0.4, 0.5) is 9.52 Å². The van der Waals surface area contributed by atoms with Crippen LogP contribution in [0.3, 0.4) is 0 Å². The molecule has 0 aliphatic heterocycles. The molecular weight excluding hydrogens is 289 g/mol. The van der Waals surface area contributed by atoms with Crippen molar-refractivity contribution in [3.63, 3.8) is 0 Å². The van der Waals surface area contributed by atoms with Crippen LogP contribution in [0.25, 0.3) is 22.7 Å². The van der Waals surface area contributed by atoms with Crippen molar-refractivity contribution in [3.05, 3.63) is 40.5 Å². The molecule has 0 amide bonds. The summed E-state index contributed by atoms with van der Waals surface area (Å²) in [7, 11) is 0. The Labute approximate surface area is 116 Å². The van der Waals surface area contributed by atoms with Crippen LogP contribution >= 0.6 is 22.9 Å². The standard InChI is InChI=1S/C12H7ClFN3OS/c13-6-2-1-3-7(14)11(6)8-4-10(18-17-8)9-5-19-12(15)16-9/h1-5H,(H2,15,16). The van der Waals surface area contributed by atoms with Gasteiger partial charge >= 0.3 is 0 Å². The van der Waals surface area contributed by atoms with Gasteiger partial charge in [0.05, 0.1) is 10.6 Å². The largest absolute Gasteiger partial charge is 0.375 e. The molecule has 4 nitrogen and oxygen atoms in total. The first-order valence-electron chi connectivity index (χ1n) is 5.27. The van der Waals surface area contributed by atoms with E-state index in [0.717, 1.165) is 0 Å². The highest BCUT2D eigenvalue weighted by Gasteiger charge is 2.16. The molecule has 2 heterocycles. The second-order valence-corrected chi connectivity index (χ2v) is 5.04. The van der Waals surface area contributed by atoms with E-state index in [1.807, 2.05) is 0 Å². The molecule has 0 radical (unpaired) electrons. The monoisotopic (exact) mass is 295 g/mol. The molecule has 0 saturated carbocycles. The highest BCUT2D eigenvalue weighted by atomic mass is 35.5. The highest BCUT2D eigenvalue weighted by molar-refractivity contribution is 7.13. The first-order chi connectivity index (χ1) is 9.15. The third kappa shape index (κ3) is 2.20. The summed E-state index contributed by atoms with van der Waals surface area (Å²) >= 11 is 7.26. The topological polar surface area (TPSA) is 64.9 Å². The second-order valence-electron chi connectivity index (χ2n) is 3.74. The lowest BCUT2D eigenvalue weighted by molar-refractivity contribution is 0.433. The molecule has 3 aromatic rings. The van der Waals surface area contributed by atoms with Crippen LogP contribution in [0, 0.1) is 5.82 Å². The van der Waals surface area contributed by atoms with Gasteiger partial charge in [-0.3, -0.25) is 0 Å². The van der Waals surface area contributed by atoms with Crippen molar-refractivity contribution in [3.8, 4) is 22.7 Å². The maximum Gasteiger partial charge on any atom is 0.186 e. The number of hydrogen-bond donors (Lipinski definition) is 1. The summed E-state index contributed by atoms with van der Waals surface area (Å²) in [6.45, 7) is 0. The zero-order chi connectivity index (χ0) is 13.4. The van der Waals surface area contributed by atoms with Crippen molar-refractivity contribution in [1.82, 2.24) is 10.1 Å². The molecule has 0 spiro atoms. The van der Waals surface area contributed by atoms with Gasteiger partial charge < -0.3 is 10.3 Å². The van der Waals surface area contributed by atoms with Crippen LogP contribution in [-0.4, -0.2) is 10.1 Å². The lowest BCUT2D eigenvalue weighted by Gasteiger charge is -2.00. The van der Waals surface area contributed by atoms with Gasteiger partial charge in [-0.1, -0.05) is 22.8 Å². The minimum absolute atomic E-state index is 0.211. The van der Waals surface area contributed by atoms with Crippen molar-refractivity contribution < 1.29 is 8.91 Å². The number of nitrogens with two attached hydrogens (primary N) is 1. The van der Waals surface area contributed by atoms with E-state index in [2.05, 4.69) is 10.1 Å². The van der Waals surface area contributed by atoms with Gasteiger partial charge in [-0.2, -0.15) is 0 Å². The summed E-state index contributed by atoms with van der Waals surface area (Å²) in [5.74, 6) is -0.0348. The van der Waals surface area contributed by atoms with Gasteiger partial charge in [0.25, 0.3) is 0 Å². The maximum atomic E-state index is 13.8. The number of anilines is 1. The molecular formula is C12H7ClFN3OS. The Morgan fingerprint density at radius 2 is 2.16 bits per heavy atom. The molecule has 2 N–H and O–H groups in total. The fourth-order valence-electron chi connectivity index (χ4n) is 1.66. The minimum atomic E-state index is -0.454. The van der Waals surface area contributed by atoms with E-state index < -0.39 is 5.82 Å². The Morgan fingerprint density at radius 3 is 2.84 bits per heavy atom. The Bertz CT molecular complexity index is 720. The number of thiazole rings is 1. The molecule has 0 fully saturated rings. The van der Waals surface area contributed by atoms with Gasteiger partial charge in [0, 0.05) is 11.4 Å². The molecule has 0 saturated heterocycles. The Balaban J connectivity index is 2.06. The SMILES string of the molecule is Nc1nc(-c2cc(-c3c(F)cccc3Cl)no2)cs1. The van der Waals surface area contributed by atoms with Gasteiger partial charge in [-0.15, -0.1) is 11.3 Å². The maximum absolute atomic E-state index is 13.8. The van der Waals surface area contributed by atoms with Gasteiger partial charge in [-0.25, -0.2) is 9.37 Å². The number of halogens is 2. The van der Waals surface area contributed by atoms with Crippen molar-refractivity contribution in [2.24, 2.45) is 0 Å². The molecule has 7 heteroatoms. The number of hydrogen-bond acceptors (Lipinski definition) is 5. The van der Waals surface area contributed by atoms with Crippen LogP contribution in [0.1, 0.15) is 0 Å². The van der Waals surface area contributed by atoms with Gasteiger partial charge in [0.2, 0.25) is 0 Å². The molecule has 2 aromatic heterocycles. The summed E-state index contributed by atoms with van der Waals surface area (Å²) < 4.78 is 18.9. The predicted octanol–water partition coefficient (Wildman–Crippen LogP) is 3.84. The zero-order valence-electron chi connectivity index (χ0n) is 9.43. The van der Waals surface area contributed by atoms with Crippen LogP contribution in [-0.2, 0) is 0 Å². The van der Waals surface area contributed by atoms with E-state index in [1.165, 1.54) is 23.5 Å². The fraction of sp³-hybridized carbons (Fsp3) is 0. The quantitative estimate of drug-likeness (QED) is 0.780. The van der Waals surface area contributed by atoms with Crippen LogP contribution in [0.15, 0.2) is 34.2 Å². The van der Waals surface area contributed by atoms with Crippen LogP contribution in [0.2, 0.25) is 5.02 Å². The summed E-state index contributed by atoms with van der Waals surface area (Å²) in [6, 6.07) is 6.02. The molecule has 0 aliphatic carbocycles. The number of nitrogens with zero attached hydrogens (tertiary/aromatic N) is 2. The lowest BCUT2D eigenvalue weighted by Crippen LogP contribution is -1.85. The Hall–Kier alpha value is -1.92. The molecule has 3 rings (SSSR count). The van der Waals surface area contributed by atoms with E-state index in [9.17, 15) is 4.39 Å². The smallest absolute Gasteiger partial charge is 0.186 e. The van der Waals surface area contributed by atoms with E-state index in [0.29, 0.717) is 22.3 Å². The Kier molecular flexibility index (Phi) is 2.96. The first kappa shape index (κ1) is 12.1. The molecule has 0 unspecified atom stereocenters. The average Bonchev–Trinajstić information content (AvgIpc) is 2.98. The van der Waals surface area contributed by atoms with Crippen LogP contribution in [0.5, 0.6) is 0 Å². The van der Waals surface area contributed by atoms with Gasteiger partial charge in [0.1, 0.15) is 17.2 Å². The van der Waals surface area contributed by atoms with E-state index in [1.54, 1.807) is 17.5 Å². The predicted molar refractivity (Wildman–Crippen MR) is 72.4 cm³/mol. The molecule has 19 heavy (non-hydrogen) atoms. The lowest BCUT2D eigenvalue weighted by atomic mass is 10.1. The third-order valence-corrected chi connectivity index (χ3v) is 3.49. The number of rotatable bonds is 2. The summed E-state index contributed by atoms with van der Waals surface area (Å²) in [4.78, 5) is 4.07. The normalized spacial score (nSPS) is 10.8. The number of benzene rings is 1. The minimum Gasteiger partial charge on any atom is -0.375 e. The number of nitrogen functional groups attached to an aromatic ring is 1. The molecule has 0 aliphatic rings. The van der Waals surface area contributed by atoms with Crippen molar-refractivity contribution in [2.45, 2.75) is 0 Å². The third-order valence-electron chi connectivity index (χ3n) is 2.50. The summed E-state index contributed by atoms with van der Waals surface area (Å²) in [5, 5.41) is 6.26. The summed E-state index contributed by atoms with van der Waals surface area (Å²) in [5.41, 5.74) is 6.64. The van der Waals surface area contributed by atoms with E-state index >= 15 is 0 Å². The zero-order valence-corrected chi connectivity index (χ0v) is 11.0. The number of aromatic nitrogens is 2. The fourth-order valence-corrected chi connectivity index (χ4v) is 2.47. The van der Waals surface area contributed by atoms with Gasteiger partial charge in [-0.05, 0) is 12.1 Å². The average molecular weight is 296 g/mol. The van der Waals surface area contributed by atoms with E-state index in [4.69, 9.17) is 21.9 Å². The molecule has 0 atom stereocenters. The highest BCUT2D eigenvalue weighted by Crippen LogP contribution is 2.33.